The molecule has 10 nitrogen and oxygen atoms in total. The van der Waals surface area contributed by atoms with E-state index < -0.39 is 21.9 Å². The lowest BCUT2D eigenvalue weighted by atomic mass is 10.0. The van der Waals surface area contributed by atoms with Gasteiger partial charge in [0.25, 0.3) is 5.91 Å². The second-order valence-corrected chi connectivity index (χ2v) is 12.1. The summed E-state index contributed by atoms with van der Waals surface area (Å²) in [5, 5.41) is 4.42. The molecule has 0 aliphatic heterocycles. The predicted octanol–water partition coefficient (Wildman–Crippen LogP) is 5.83. The maximum absolute atomic E-state index is 13.6. The van der Waals surface area contributed by atoms with Crippen molar-refractivity contribution >= 4 is 32.7 Å². The van der Waals surface area contributed by atoms with E-state index in [-0.39, 0.29) is 28.3 Å². The third kappa shape index (κ3) is 7.55. The molecule has 0 atom stereocenters. The summed E-state index contributed by atoms with van der Waals surface area (Å²) in [7, 11) is 0.839. The lowest BCUT2D eigenvalue weighted by molar-refractivity contribution is 0.0732. The highest BCUT2D eigenvalue weighted by atomic mass is 32.2. The van der Waals surface area contributed by atoms with Crippen LogP contribution in [-0.4, -0.2) is 59.0 Å². The Morgan fingerprint density at radius 1 is 0.756 bits per heavy atom. The Balaban J connectivity index is 1.61. The minimum absolute atomic E-state index is 0.0540. The van der Waals surface area contributed by atoms with Crippen LogP contribution in [0.4, 0.5) is 0 Å². The van der Waals surface area contributed by atoms with Gasteiger partial charge >= 0.3 is 5.97 Å². The van der Waals surface area contributed by atoms with E-state index in [0.29, 0.717) is 48.7 Å². The monoisotopic (exact) mass is 634 g/mol. The minimum atomic E-state index is -3.71. The summed E-state index contributed by atoms with van der Waals surface area (Å²) in [6, 6.07) is 19.7. The third-order valence-electron chi connectivity index (χ3n) is 7.21. The summed E-state index contributed by atoms with van der Waals surface area (Å²) in [5.74, 6) is 0.299. The van der Waals surface area contributed by atoms with E-state index in [1.165, 1.54) is 49.9 Å². The first-order valence-corrected chi connectivity index (χ1v) is 16.0. The highest BCUT2D eigenvalue weighted by molar-refractivity contribution is 7.89. The van der Waals surface area contributed by atoms with E-state index in [9.17, 15) is 18.0 Å². The standard InChI is InChI=1S/C34H38N2O8S/c1-6-16-36(17-7-2)45(39,40)27-14-12-23(13-15-27)34(38)44-32-19-25-11-9-8-10-24(25)18-28(32)33(37)35-22-29-30(42-4)20-26(41-3)21-31(29)43-5/h8-15,18-21H,6-7,16-17,22H2,1-5H3,(H,35,37). The average Bonchev–Trinajstić information content (AvgIpc) is 3.06. The van der Waals surface area contributed by atoms with Crippen molar-refractivity contribution in [1.29, 1.82) is 0 Å². The molecule has 1 amide bonds. The van der Waals surface area contributed by atoms with E-state index >= 15 is 0 Å². The number of ether oxygens (including phenoxy) is 4. The maximum atomic E-state index is 13.6. The molecule has 0 saturated carbocycles. The van der Waals surface area contributed by atoms with Crippen molar-refractivity contribution in [1.82, 2.24) is 9.62 Å². The summed E-state index contributed by atoms with van der Waals surface area (Å²) in [4.78, 5) is 26.9. The van der Waals surface area contributed by atoms with Crippen LogP contribution in [0, 0.1) is 0 Å². The number of carbonyl (C=O) groups is 2. The summed E-state index contributed by atoms with van der Waals surface area (Å²) < 4.78 is 49.8. The molecule has 4 rings (SSSR count). The number of esters is 1. The molecule has 0 aliphatic rings. The molecule has 0 fully saturated rings. The first kappa shape index (κ1) is 33.3. The highest BCUT2D eigenvalue weighted by Crippen LogP contribution is 2.34. The summed E-state index contributed by atoms with van der Waals surface area (Å²) >= 11 is 0. The number of sulfonamides is 1. The zero-order valence-electron chi connectivity index (χ0n) is 26.1. The van der Waals surface area contributed by atoms with Crippen LogP contribution in [0.2, 0.25) is 0 Å². The van der Waals surface area contributed by atoms with Gasteiger partial charge in [-0.2, -0.15) is 4.31 Å². The molecule has 4 aromatic rings. The molecule has 0 saturated heterocycles. The van der Waals surface area contributed by atoms with Crippen LogP contribution in [0.15, 0.2) is 77.7 Å². The first-order chi connectivity index (χ1) is 21.7. The van der Waals surface area contributed by atoms with Gasteiger partial charge in [-0.05, 0) is 60.0 Å². The van der Waals surface area contributed by atoms with E-state index in [1.54, 1.807) is 24.3 Å². The van der Waals surface area contributed by atoms with Crippen molar-refractivity contribution in [3.05, 3.63) is 89.5 Å². The number of benzene rings is 4. The number of rotatable bonds is 14. The zero-order valence-corrected chi connectivity index (χ0v) is 26.9. The number of hydrogen-bond donors (Lipinski definition) is 1. The second-order valence-electron chi connectivity index (χ2n) is 10.2. The fraction of sp³-hybridized carbons (Fsp3) is 0.294. The Labute approximate surface area is 263 Å². The molecule has 0 aliphatic carbocycles. The lowest BCUT2D eigenvalue weighted by Gasteiger charge is -2.21. The van der Waals surface area contributed by atoms with Crippen LogP contribution >= 0.6 is 0 Å². The fourth-order valence-electron chi connectivity index (χ4n) is 4.92. The topological polar surface area (TPSA) is 120 Å². The first-order valence-electron chi connectivity index (χ1n) is 14.6. The van der Waals surface area contributed by atoms with Gasteiger partial charge in [0.1, 0.15) is 23.0 Å². The second kappa shape index (κ2) is 14.9. The summed E-state index contributed by atoms with van der Waals surface area (Å²) in [5.41, 5.74) is 0.876. The Kier molecular flexibility index (Phi) is 11.0. The molecule has 1 N–H and O–H groups in total. The molecule has 0 spiro atoms. The van der Waals surface area contributed by atoms with Gasteiger partial charge in [-0.3, -0.25) is 4.79 Å². The van der Waals surface area contributed by atoms with Gasteiger partial charge in [0, 0.05) is 25.2 Å². The van der Waals surface area contributed by atoms with Crippen molar-refractivity contribution in [2.45, 2.75) is 38.1 Å². The van der Waals surface area contributed by atoms with Gasteiger partial charge in [-0.25, -0.2) is 13.2 Å². The average molecular weight is 635 g/mol. The zero-order chi connectivity index (χ0) is 32.6. The van der Waals surface area contributed by atoms with Crippen molar-refractivity contribution < 1.29 is 37.0 Å². The SMILES string of the molecule is CCCN(CCC)S(=O)(=O)c1ccc(C(=O)Oc2cc3ccccc3cc2C(=O)NCc2c(OC)cc(OC)cc2OC)cc1. The van der Waals surface area contributed by atoms with E-state index in [4.69, 9.17) is 18.9 Å². The summed E-state index contributed by atoms with van der Waals surface area (Å²) in [6.45, 7) is 4.71. The number of fused-ring (bicyclic) bond motifs is 1. The number of hydrogen-bond acceptors (Lipinski definition) is 8. The normalized spacial score (nSPS) is 11.3. The molecule has 11 heteroatoms. The minimum Gasteiger partial charge on any atom is -0.496 e. The Hall–Kier alpha value is -4.61. The molecule has 4 aromatic carbocycles. The van der Waals surface area contributed by atoms with Gasteiger partial charge in [0.15, 0.2) is 0 Å². The molecular formula is C34H38N2O8S. The van der Waals surface area contributed by atoms with Gasteiger partial charge in [-0.1, -0.05) is 38.1 Å². The van der Waals surface area contributed by atoms with Crippen LogP contribution in [0.3, 0.4) is 0 Å². The molecule has 0 unspecified atom stereocenters. The van der Waals surface area contributed by atoms with Crippen LogP contribution in [0.1, 0.15) is 53.0 Å². The van der Waals surface area contributed by atoms with E-state index in [2.05, 4.69) is 5.32 Å². The van der Waals surface area contributed by atoms with Gasteiger partial charge in [0.2, 0.25) is 10.0 Å². The van der Waals surface area contributed by atoms with Crippen molar-refractivity contribution in [2.75, 3.05) is 34.4 Å². The van der Waals surface area contributed by atoms with E-state index in [1.807, 2.05) is 38.1 Å². The fourth-order valence-corrected chi connectivity index (χ4v) is 6.54. The van der Waals surface area contributed by atoms with E-state index in [0.717, 1.165) is 10.8 Å². The number of nitrogens with one attached hydrogen (secondary N) is 1. The Morgan fingerprint density at radius 2 is 1.33 bits per heavy atom. The van der Waals surface area contributed by atoms with Crippen molar-refractivity contribution in [2.24, 2.45) is 0 Å². The highest BCUT2D eigenvalue weighted by Gasteiger charge is 2.24. The van der Waals surface area contributed by atoms with Gasteiger partial charge in [0.05, 0.1) is 49.5 Å². The largest absolute Gasteiger partial charge is 0.496 e. The van der Waals surface area contributed by atoms with Gasteiger partial charge < -0.3 is 24.3 Å². The van der Waals surface area contributed by atoms with Crippen molar-refractivity contribution in [3.63, 3.8) is 0 Å². The molecule has 45 heavy (non-hydrogen) atoms. The van der Waals surface area contributed by atoms with Crippen LogP contribution < -0.4 is 24.3 Å². The lowest BCUT2D eigenvalue weighted by Crippen LogP contribution is -2.32. The smallest absolute Gasteiger partial charge is 0.343 e. The van der Waals surface area contributed by atoms with Gasteiger partial charge in [-0.15, -0.1) is 0 Å². The number of methoxy groups -OCH3 is 3. The molecule has 238 valence electrons. The van der Waals surface area contributed by atoms with Crippen LogP contribution in [0.5, 0.6) is 23.0 Å². The predicted molar refractivity (Wildman–Crippen MR) is 172 cm³/mol. The third-order valence-corrected chi connectivity index (χ3v) is 9.12. The molecule has 0 bridgehead atoms. The summed E-state index contributed by atoms with van der Waals surface area (Å²) in [6.07, 6.45) is 1.37. The van der Waals surface area contributed by atoms with Crippen LogP contribution in [0.25, 0.3) is 10.8 Å². The molecule has 0 aromatic heterocycles. The quantitative estimate of drug-likeness (QED) is 0.136. The Bertz CT molecular complexity index is 1740. The maximum Gasteiger partial charge on any atom is 0.343 e. The number of nitrogens with zero attached hydrogens (tertiary/aromatic N) is 1. The Morgan fingerprint density at radius 3 is 1.87 bits per heavy atom. The number of carbonyl (C=O) groups excluding carboxylic acids is 2. The van der Waals surface area contributed by atoms with Crippen molar-refractivity contribution in [3.8, 4) is 23.0 Å². The molecular weight excluding hydrogens is 596 g/mol. The molecule has 0 heterocycles. The number of amides is 1. The van der Waals surface area contributed by atoms with Crippen LogP contribution in [-0.2, 0) is 16.6 Å². The molecule has 0 radical (unpaired) electrons.